The molecule has 0 aliphatic heterocycles. The molecule has 2 aromatic heterocycles. The summed E-state index contributed by atoms with van der Waals surface area (Å²) in [6, 6.07) is 20.1. The summed E-state index contributed by atoms with van der Waals surface area (Å²) in [5, 5.41) is 7.77. The number of carbonyl (C=O) groups is 1. The third-order valence-corrected chi connectivity index (χ3v) is 5.36. The van der Waals surface area contributed by atoms with Crippen LogP contribution in [0, 0.1) is 0 Å². The molecule has 0 radical (unpaired) electrons. The van der Waals surface area contributed by atoms with Crippen LogP contribution >= 0.6 is 11.6 Å². The van der Waals surface area contributed by atoms with Crippen LogP contribution in [0.5, 0.6) is 0 Å². The van der Waals surface area contributed by atoms with Crippen molar-refractivity contribution in [3.63, 3.8) is 0 Å². The molecular weight excluding hydrogens is 412 g/mol. The van der Waals surface area contributed by atoms with Crippen molar-refractivity contribution in [3.8, 4) is 0 Å². The lowest BCUT2D eigenvalue weighted by molar-refractivity contribution is 0.0950. The molecule has 0 aliphatic rings. The van der Waals surface area contributed by atoms with Crippen molar-refractivity contribution in [1.29, 1.82) is 0 Å². The van der Waals surface area contributed by atoms with Crippen LogP contribution in [-0.4, -0.2) is 20.3 Å². The fraction of sp³-hybridized carbons (Fsp3) is 0.125. The fourth-order valence-electron chi connectivity index (χ4n) is 3.33. The number of carbonyl (C=O) groups excluding carboxylic acids is 1. The topological polar surface area (TPSA) is 68.9 Å². The molecule has 0 aliphatic carbocycles. The molecule has 2 aromatic carbocycles. The summed E-state index contributed by atoms with van der Waals surface area (Å²) in [5.41, 5.74) is 3.12. The maximum absolute atomic E-state index is 12.8. The monoisotopic (exact) mass is 432 g/mol. The number of amides is 1. The van der Waals surface area contributed by atoms with E-state index in [-0.39, 0.29) is 11.5 Å². The average molecular weight is 433 g/mol. The number of benzene rings is 2. The van der Waals surface area contributed by atoms with E-state index in [0.717, 1.165) is 16.7 Å². The van der Waals surface area contributed by atoms with Crippen molar-refractivity contribution in [2.45, 2.75) is 19.6 Å². The van der Waals surface area contributed by atoms with Crippen LogP contribution in [0.25, 0.3) is 0 Å². The number of hydrogen-bond acceptors (Lipinski definition) is 3. The first-order valence-corrected chi connectivity index (χ1v) is 10.2. The summed E-state index contributed by atoms with van der Waals surface area (Å²) in [5.74, 6) is -0.248. The first-order chi connectivity index (χ1) is 15.1. The minimum atomic E-state index is -0.248. The Morgan fingerprint density at radius 1 is 0.903 bits per heavy atom. The zero-order chi connectivity index (χ0) is 21.6. The Bertz CT molecular complexity index is 1250. The number of hydrogen-bond donors (Lipinski definition) is 1. The standard InChI is InChI=1S/C24H21ClN4O2/c25-22-9-4-3-8-20(22)15-28-16-21(10-11-23(28)30)24(31)26-14-18-6-1-2-7-19(18)17-29-13-5-12-27-29/h1-13,16H,14-15,17H2,(H,26,31). The third-order valence-electron chi connectivity index (χ3n) is 4.99. The molecule has 0 atom stereocenters. The van der Waals surface area contributed by atoms with Gasteiger partial charge >= 0.3 is 0 Å². The fourth-order valence-corrected chi connectivity index (χ4v) is 3.53. The lowest BCUT2D eigenvalue weighted by atomic mass is 10.1. The zero-order valence-electron chi connectivity index (χ0n) is 16.7. The van der Waals surface area contributed by atoms with Gasteiger partial charge in [-0.05, 0) is 34.9 Å². The van der Waals surface area contributed by atoms with Crippen LogP contribution in [0.2, 0.25) is 5.02 Å². The van der Waals surface area contributed by atoms with Gasteiger partial charge in [0, 0.05) is 36.2 Å². The number of nitrogens with zero attached hydrogens (tertiary/aromatic N) is 3. The Morgan fingerprint density at radius 2 is 1.65 bits per heavy atom. The van der Waals surface area contributed by atoms with Crippen molar-refractivity contribution >= 4 is 17.5 Å². The third kappa shape index (κ3) is 5.10. The van der Waals surface area contributed by atoms with E-state index in [4.69, 9.17) is 11.6 Å². The van der Waals surface area contributed by atoms with Gasteiger partial charge in [0.15, 0.2) is 0 Å². The van der Waals surface area contributed by atoms with Crippen LogP contribution in [-0.2, 0) is 19.6 Å². The van der Waals surface area contributed by atoms with Crippen molar-refractivity contribution in [1.82, 2.24) is 19.7 Å². The van der Waals surface area contributed by atoms with Gasteiger partial charge in [0.25, 0.3) is 11.5 Å². The molecule has 0 saturated heterocycles. The van der Waals surface area contributed by atoms with Gasteiger partial charge in [0.05, 0.1) is 18.7 Å². The summed E-state index contributed by atoms with van der Waals surface area (Å²) in [6.07, 6.45) is 5.20. The molecule has 7 heteroatoms. The van der Waals surface area contributed by atoms with E-state index >= 15 is 0 Å². The molecule has 156 valence electrons. The minimum Gasteiger partial charge on any atom is -0.348 e. The Balaban J connectivity index is 1.47. The van der Waals surface area contributed by atoms with Crippen LogP contribution in [0.3, 0.4) is 0 Å². The maximum Gasteiger partial charge on any atom is 0.253 e. The Hall–Kier alpha value is -3.64. The molecule has 0 bridgehead atoms. The van der Waals surface area contributed by atoms with Crippen molar-refractivity contribution in [2.24, 2.45) is 0 Å². The number of nitrogens with one attached hydrogen (secondary N) is 1. The van der Waals surface area contributed by atoms with E-state index in [9.17, 15) is 9.59 Å². The van der Waals surface area contributed by atoms with E-state index in [1.165, 1.54) is 16.7 Å². The van der Waals surface area contributed by atoms with Gasteiger partial charge in [-0.1, -0.05) is 54.1 Å². The van der Waals surface area contributed by atoms with Gasteiger partial charge < -0.3 is 9.88 Å². The van der Waals surface area contributed by atoms with Gasteiger partial charge in [-0.15, -0.1) is 0 Å². The summed E-state index contributed by atoms with van der Waals surface area (Å²) in [4.78, 5) is 25.0. The predicted molar refractivity (Wildman–Crippen MR) is 120 cm³/mol. The quantitative estimate of drug-likeness (QED) is 0.484. The number of pyridine rings is 1. The summed E-state index contributed by atoms with van der Waals surface area (Å²) in [6.45, 7) is 1.30. The van der Waals surface area contributed by atoms with Gasteiger partial charge in [-0.2, -0.15) is 5.10 Å². The van der Waals surface area contributed by atoms with Crippen molar-refractivity contribution in [2.75, 3.05) is 0 Å². The molecule has 6 nitrogen and oxygen atoms in total. The molecule has 4 rings (SSSR count). The lowest BCUT2D eigenvalue weighted by Gasteiger charge is -2.12. The number of aromatic nitrogens is 3. The number of rotatable bonds is 7. The van der Waals surface area contributed by atoms with Crippen LogP contribution in [0.4, 0.5) is 0 Å². The highest BCUT2D eigenvalue weighted by molar-refractivity contribution is 6.31. The molecule has 1 amide bonds. The molecule has 1 N–H and O–H groups in total. The molecule has 0 fully saturated rings. The smallest absolute Gasteiger partial charge is 0.253 e. The first-order valence-electron chi connectivity index (χ1n) is 9.86. The highest BCUT2D eigenvalue weighted by Crippen LogP contribution is 2.16. The van der Waals surface area contributed by atoms with E-state index in [1.807, 2.05) is 59.4 Å². The Labute approximate surface area is 184 Å². The van der Waals surface area contributed by atoms with Gasteiger partial charge in [0.2, 0.25) is 0 Å². The van der Waals surface area contributed by atoms with Crippen LogP contribution < -0.4 is 10.9 Å². The normalized spacial score (nSPS) is 10.7. The van der Waals surface area contributed by atoms with Gasteiger partial charge in [0.1, 0.15) is 0 Å². The molecule has 31 heavy (non-hydrogen) atoms. The SMILES string of the molecule is O=C(NCc1ccccc1Cn1cccn1)c1ccc(=O)n(Cc2ccccc2Cl)c1. The lowest BCUT2D eigenvalue weighted by Crippen LogP contribution is -2.27. The minimum absolute atomic E-state index is 0.193. The zero-order valence-corrected chi connectivity index (χ0v) is 17.5. The molecular formula is C24H21ClN4O2. The van der Waals surface area contributed by atoms with E-state index in [0.29, 0.717) is 30.2 Å². The maximum atomic E-state index is 12.8. The highest BCUT2D eigenvalue weighted by atomic mass is 35.5. The van der Waals surface area contributed by atoms with E-state index in [2.05, 4.69) is 10.4 Å². The largest absolute Gasteiger partial charge is 0.348 e. The van der Waals surface area contributed by atoms with Crippen molar-refractivity contribution in [3.05, 3.63) is 123 Å². The predicted octanol–water partition coefficient (Wildman–Crippen LogP) is 3.72. The highest BCUT2D eigenvalue weighted by Gasteiger charge is 2.10. The molecule has 2 heterocycles. The molecule has 0 spiro atoms. The summed E-state index contributed by atoms with van der Waals surface area (Å²) < 4.78 is 3.33. The molecule has 0 unspecified atom stereocenters. The Morgan fingerprint density at radius 3 is 2.39 bits per heavy atom. The van der Waals surface area contributed by atoms with E-state index < -0.39 is 0 Å². The molecule has 4 aromatic rings. The van der Waals surface area contributed by atoms with Crippen molar-refractivity contribution < 1.29 is 4.79 Å². The van der Waals surface area contributed by atoms with Gasteiger partial charge in [-0.25, -0.2) is 0 Å². The first kappa shape index (κ1) is 20.6. The van der Waals surface area contributed by atoms with E-state index in [1.54, 1.807) is 18.5 Å². The Kier molecular flexibility index (Phi) is 6.29. The van der Waals surface area contributed by atoms with Gasteiger partial charge in [-0.3, -0.25) is 14.3 Å². The second-order valence-electron chi connectivity index (χ2n) is 7.13. The second-order valence-corrected chi connectivity index (χ2v) is 7.54. The summed E-state index contributed by atoms with van der Waals surface area (Å²) in [7, 11) is 0. The summed E-state index contributed by atoms with van der Waals surface area (Å²) >= 11 is 6.21. The second kappa shape index (κ2) is 9.45. The van der Waals surface area contributed by atoms with Crippen LogP contribution in [0.1, 0.15) is 27.0 Å². The number of halogens is 1. The molecule has 0 saturated carbocycles. The van der Waals surface area contributed by atoms with Crippen LogP contribution in [0.15, 0.2) is 90.1 Å². The average Bonchev–Trinajstić information content (AvgIpc) is 3.29.